The van der Waals surface area contributed by atoms with Gasteiger partial charge in [0.05, 0.1) is 5.56 Å². The van der Waals surface area contributed by atoms with Crippen LogP contribution in [0.1, 0.15) is 23.2 Å². The number of fused-ring (bicyclic) bond motifs is 1. The minimum atomic E-state index is 0.0597. The molecule has 1 saturated carbocycles. The number of hydrogen-bond donors (Lipinski definition) is 2. The van der Waals surface area contributed by atoms with Crippen LogP contribution in [-0.2, 0) is 0 Å². The Balaban J connectivity index is 1.34. The van der Waals surface area contributed by atoms with Gasteiger partial charge in [0.25, 0.3) is 5.91 Å². The maximum atomic E-state index is 12.6. The molecule has 4 bridgehead atoms. The Kier molecular flexibility index (Phi) is 2.51. The third-order valence-corrected chi connectivity index (χ3v) is 6.06. The number of rotatable bonds is 3. The molecule has 4 heterocycles. The Bertz CT molecular complexity index is 730. The van der Waals surface area contributed by atoms with Crippen molar-refractivity contribution in [2.45, 2.75) is 12.8 Å². The van der Waals surface area contributed by atoms with E-state index in [9.17, 15) is 4.79 Å². The summed E-state index contributed by atoms with van der Waals surface area (Å²) in [7, 11) is 0. The molecule has 22 heavy (non-hydrogen) atoms. The van der Waals surface area contributed by atoms with E-state index in [0.717, 1.165) is 34.8 Å². The Morgan fingerprint density at radius 1 is 1.27 bits per heavy atom. The van der Waals surface area contributed by atoms with E-state index in [1.54, 1.807) is 0 Å². The van der Waals surface area contributed by atoms with Crippen molar-refractivity contribution in [2.75, 3.05) is 26.2 Å². The van der Waals surface area contributed by atoms with Crippen molar-refractivity contribution in [1.82, 2.24) is 15.2 Å². The fourth-order valence-electron chi connectivity index (χ4n) is 5.25. The van der Waals surface area contributed by atoms with Crippen LogP contribution in [-0.4, -0.2) is 42.0 Å². The fourth-order valence-corrected chi connectivity index (χ4v) is 5.25. The fraction of sp³-hybridized carbons (Fsp3) is 0.500. The number of aromatic nitrogens is 1. The Morgan fingerprint density at radius 2 is 2.05 bits per heavy atom. The second kappa shape index (κ2) is 4.35. The number of carbonyl (C=O) groups is 1. The van der Waals surface area contributed by atoms with Gasteiger partial charge in [-0.3, -0.25) is 4.79 Å². The van der Waals surface area contributed by atoms with Gasteiger partial charge in [0.2, 0.25) is 0 Å². The van der Waals surface area contributed by atoms with Gasteiger partial charge < -0.3 is 15.2 Å². The number of nitrogens with one attached hydrogen (secondary N) is 2. The third kappa shape index (κ3) is 1.76. The van der Waals surface area contributed by atoms with Crippen molar-refractivity contribution in [3.05, 3.63) is 36.0 Å². The summed E-state index contributed by atoms with van der Waals surface area (Å²) in [6, 6.07) is 7.98. The van der Waals surface area contributed by atoms with Crippen LogP contribution in [0, 0.1) is 17.3 Å². The number of carbonyl (C=O) groups excluding carboxylic acids is 1. The summed E-state index contributed by atoms with van der Waals surface area (Å²) in [6.45, 7) is 4.59. The van der Waals surface area contributed by atoms with E-state index in [1.165, 1.54) is 32.5 Å². The summed E-state index contributed by atoms with van der Waals surface area (Å²) in [5.41, 5.74) is 2.13. The number of H-pyrrole nitrogens is 1. The third-order valence-electron chi connectivity index (χ3n) is 6.06. The van der Waals surface area contributed by atoms with E-state index in [2.05, 4.69) is 15.2 Å². The lowest BCUT2D eigenvalue weighted by Gasteiger charge is -2.40. The van der Waals surface area contributed by atoms with Crippen LogP contribution in [0.25, 0.3) is 10.9 Å². The highest BCUT2D eigenvalue weighted by atomic mass is 16.1. The van der Waals surface area contributed by atoms with Crippen LogP contribution < -0.4 is 5.32 Å². The molecule has 4 nitrogen and oxygen atoms in total. The minimum absolute atomic E-state index is 0.0597. The lowest BCUT2D eigenvalue weighted by molar-refractivity contribution is 0.0809. The topological polar surface area (TPSA) is 48.1 Å². The summed E-state index contributed by atoms with van der Waals surface area (Å²) < 4.78 is 0. The molecule has 6 rings (SSSR count). The molecule has 0 spiro atoms. The lowest BCUT2D eigenvalue weighted by atomic mass is 9.81. The number of nitrogens with zero attached hydrogens (tertiary/aromatic N) is 1. The predicted octanol–water partition coefficient (Wildman–Crippen LogP) is 2.24. The highest BCUT2D eigenvalue weighted by Crippen LogP contribution is 2.54. The molecule has 2 atom stereocenters. The van der Waals surface area contributed by atoms with E-state index in [-0.39, 0.29) is 5.91 Å². The maximum absolute atomic E-state index is 12.6. The number of para-hydroxylation sites is 1. The van der Waals surface area contributed by atoms with Crippen LogP contribution in [0.15, 0.2) is 30.5 Å². The van der Waals surface area contributed by atoms with Crippen molar-refractivity contribution in [1.29, 1.82) is 0 Å². The first-order valence-electron chi connectivity index (χ1n) is 8.29. The zero-order valence-electron chi connectivity index (χ0n) is 12.6. The molecule has 1 aliphatic carbocycles. The van der Waals surface area contributed by atoms with Gasteiger partial charge in [-0.25, -0.2) is 0 Å². The minimum Gasteiger partial charge on any atom is -0.360 e. The number of piperidine rings is 2. The first-order chi connectivity index (χ1) is 10.7. The molecular formula is C18H21N3O. The van der Waals surface area contributed by atoms with E-state index in [1.807, 2.05) is 30.5 Å². The van der Waals surface area contributed by atoms with Crippen LogP contribution in [0.4, 0.5) is 0 Å². The van der Waals surface area contributed by atoms with E-state index in [4.69, 9.17) is 0 Å². The highest BCUT2D eigenvalue weighted by molar-refractivity contribution is 6.06. The van der Waals surface area contributed by atoms with Gasteiger partial charge in [-0.15, -0.1) is 0 Å². The van der Waals surface area contributed by atoms with Crippen LogP contribution >= 0.6 is 0 Å². The first-order valence-corrected chi connectivity index (χ1v) is 8.29. The molecule has 2 aromatic rings. The molecule has 3 aliphatic heterocycles. The van der Waals surface area contributed by atoms with E-state index in [0.29, 0.717) is 5.41 Å². The van der Waals surface area contributed by atoms with Crippen LogP contribution in [0.2, 0.25) is 0 Å². The van der Waals surface area contributed by atoms with Gasteiger partial charge in [-0.1, -0.05) is 18.2 Å². The summed E-state index contributed by atoms with van der Waals surface area (Å²) >= 11 is 0. The molecule has 3 saturated heterocycles. The zero-order valence-corrected chi connectivity index (χ0v) is 12.6. The average molecular weight is 295 g/mol. The number of benzene rings is 1. The average Bonchev–Trinajstić information content (AvgIpc) is 3.14. The number of amides is 1. The first kappa shape index (κ1) is 12.7. The predicted molar refractivity (Wildman–Crippen MR) is 85.7 cm³/mol. The SMILES string of the molecule is O=C(NCC12C[C@H]3CN(C[C@@H]3C1)C2)c1c[nH]c2ccccc12. The second-order valence-corrected chi connectivity index (χ2v) is 7.55. The van der Waals surface area contributed by atoms with Crippen molar-refractivity contribution >= 4 is 16.8 Å². The van der Waals surface area contributed by atoms with Crippen LogP contribution in [0.5, 0.6) is 0 Å². The highest BCUT2D eigenvalue weighted by Gasteiger charge is 2.54. The quantitative estimate of drug-likeness (QED) is 0.912. The molecule has 114 valence electrons. The maximum Gasteiger partial charge on any atom is 0.253 e. The van der Waals surface area contributed by atoms with Crippen LogP contribution in [0.3, 0.4) is 0 Å². The van der Waals surface area contributed by atoms with Gasteiger partial charge in [0.1, 0.15) is 0 Å². The largest absolute Gasteiger partial charge is 0.360 e. The zero-order chi connectivity index (χ0) is 14.7. The van der Waals surface area contributed by atoms with Crippen molar-refractivity contribution < 1.29 is 4.79 Å². The van der Waals surface area contributed by atoms with Gasteiger partial charge in [-0.05, 0) is 30.7 Å². The molecule has 2 N–H and O–H groups in total. The molecule has 4 fully saturated rings. The molecule has 4 aliphatic rings. The lowest BCUT2D eigenvalue weighted by Crippen LogP contribution is -2.48. The Hall–Kier alpha value is -1.81. The summed E-state index contributed by atoms with van der Waals surface area (Å²) in [5.74, 6) is 1.84. The van der Waals surface area contributed by atoms with Gasteiger partial charge in [-0.2, -0.15) is 0 Å². The standard InChI is InChI=1S/C18H21N3O/c22-17(15-7-19-16-4-2-1-3-14(15)16)20-10-18-5-12-8-21(11-18)9-13(12)6-18/h1-4,7,12-13,19H,5-6,8-11H2,(H,20,22)/t12-,13-/m0/s1. The van der Waals surface area contributed by atoms with Gasteiger partial charge in [0, 0.05) is 48.7 Å². The van der Waals surface area contributed by atoms with Crippen molar-refractivity contribution in [3.63, 3.8) is 0 Å². The summed E-state index contributed by atoms with van der Waals surface area (Å²) in [6.07, 6.45) is 4.45. The Morgan fingerprint density at radius 3 is 2.82 bits per heavy atom. The summed E-state index contributed by atoms with van der Waals surface area (Å²) in [5, 5.41) is 4.23. The molecule has 1 amide bonds. The smallest absolute Gasteiger partial charge is 0.253 e. The monoisotopic (exact) mass is 295 g/mol. The molecular weight excluding hydrogens is 274 g/mol. The van der Waals surface area contributed by atoms with Gasteiger partial charge >= 0.3 is 0 Å². The molecule has 0 unspecified atom stereocenters. The number of aromatic amines is 1. The molecule has 0 radical (unpaired) electrons. The normalized spacial score (nSPS) is 35.4. The summed E-state index contributed by atoms with van der Waals surface area (Å²) in [4.78, 5) is 18.4. The molecule has 4 heteroatoms. The number of hydrogen-bond acceptors (Lipinski definition) is 2. The van der Waals surface area contributed by atoms with E-state index < -0.39 is 0 Å². The van der Waals surface area contributed by atoms with Gasteiger partial charge in [0.15, 0.2) is 0 Å². The van der Waals surface area contributed by atoms with Crippen molar-refractivity contribution in [3.8, 4) is 0 Å². The molecule has 1 aromatic carbocycles. The Labute approximate surface area is 129 Å². The second-order valence-electron chi connectivity index (χ2n) is 7.55. The van der Waals surface area contributed by atoms with Crippen molar-refractivity contribution in [2.24, 2.45) is 17.3 Å². The van der Waals surface area contributed by atoms with E-state index >= 15 is 0 Å². The molecule has 1 aromatic heterocycles.